The highest BCUT2D eigenvalue weighted by Gasteiger charge is 2.11. The van der Waals surface area contributed by atoms with Gasteiger partial charge in [-0.2, -0.15) is 0 Å². The van der Waals surface area contributed by atoms with Crippen LogP contribution in [0, 0.1) is 0 Å². The zero-order valence-corrected chi connectivity index (χ0v) is 10.1. The van der Waals surface area contributed by atoms with E-state index in [4.69, 9.17) is 5.73 Å². The zero-order valence-electron chi connectivity index (χ0n) is 10.1. The van der Waals surface area contributed by atoms with E-state index in [0.29, 0.717) is 11.3 Å². The monoisotopic (exact) mass is 241 g/mol. The van der Waals surface area contributed by atoms with Crippen LogP contribution in [0.2, 0.25) is 0 Å². The summed E-state index contributed by atoms with van der Waals surface area (Å²) in [5.74, 6) is -0.141. The zero-order chi connectivity index (χ0) is 13.0. The second-order valence-corrected chi connectivity index (χ2v) is 4.11. The van der Waals surface area contributed by atoms with E-state index >= 15 is 0 Å². The quantitative estimate of drug-likeness (QED) is 0.809. The molecule has 1 amide bonds. The predicted octanol–water partition coefficient (Wildman–Crippen LogP) is 2.15. The number of nitrogens with one attached hydrogen (secondary N) is 1. The molecule has 0 saturated carbocycles. The lowest BCUT2D eigenvalue weighted by atomic mass is 10.1. The Morgan fingerprint density at radius 1 is 1.33 bits per heavy atom. The summed E-state index contributed by atoms with van der Waals surface area (Å²) >= 11 is 0. The molecule has 4 heteroatoms. The highest BCUT2D eigenvalue weighted by molar-refractivity contribution is 5.94. The second-order valence-electron chi connectivity index (χ2n) is 4.11. The molecule has 18 heavy (non-hydrogen) atoms. The van der Waals surface area contributed by atoms with Gasteiger partial charge in [-0.3, -0.25) is 9.78 Å². The average Bonchev–Trinajstić information content (AvgIpc) is 2.39. The van der Waals surface area contributed by atoms with Gasteiger partial charge in [0.25, 0.3) is 5.91 Å². The molecule has 92 valence electrons. The first-order valence-electron chi connectivity index (χ1n) is 5.73. The van der Waals surface area contributed by atoms with Crippen LogP contribution >= 0.6 is 0 Å². The lowest BCUT2D eigenvalue weighted by Crippen LogP contribution is -2.26. The number of amides is 1. The van der Waals surface area contributed by atoms with Crippen molar-refractivity contribution < 1.29 is 4.79 Å². The molecule has 2 aromatic rings. The second kappa shape index (κ2) is 5.31. The number of nitrogens with two attached hydrogens (primary N) is 1. The molecule has 2 rings (SSSR count). The summed E-state index contributed by atoms with van der Waals surface area (Å²) in [7, 11) is 0. The number of aromatic nitrogens is 1. The summed E-state index contributed by atoms with van der Waals surface area (Å²) in [6.07, 6.45) is 3.18. The molecule has 0 spiro atoms. The van der Waals surface area contributed by atoms with Gasteiger partial charge in [0, 0.05) is 18.1 Å². The van der Waals surface area contributed by atoms with Crippen LogP contribution in [-0.4, -0.2) is 10.9 Å². The molecule has 4 nitrogen and oxygen atoms in total. The molecule has 1 atom stereocenters. The maximum atomic E-state index is 11.9. The van der Waals surface area contributed by atoms with Crippen LogP contribution in [0.5, 0.6) is 0 Å². The van der Waals surface area contributed by atoms with Crippen LogP contribution in [0.3, 0.4) is 0 Å². The Morgan fingerprint density at radius 3 is 2.83 bits per heavy atom. The van der Waals surface area contributed by atoms with Gasteiger partial charge >= 0.3 is 0 Å². The summed E-state index contributed by atoms with van der Waals surface area (Å²) in [6.45, 7) is 1.92. The van der Waals surface area contributed by atoms with Gasteiger partial charge in [-0.15, -0.1) is 0 Å². The lowest BCUT2D eigenvalue weighted by Gasteiger charge is -2.14. The van der Waals surface area contributed by atoms with E-state index in [1.165, 1.54) is 0 Å². The number of nitrogens with zero attached hydrogens (tertiary/aromatic N) is 1. The van der Waals surface area contributed by atoms with Crippen molar-refractivity contribution in [2.45, 2.75) is 13.0 Å². The molecular weight excluding hydrogens is 226 g/mol. The smallest absolute Gasteiger partial charge is 0.253 e. The first kappa shape index (κ1) is 12.1. The van der Waals surface area contributed by atoms with Crippen molar-refractivity contribution in [2.24, 2.45) is 0 Å². The number of carbonyl (C=O) groups excluding carboxylic acids is 1. The average molecular weight is 241 g/mol. The number of pyridine rings is 1. The van der Waals surface area contributed by atoms with Crippen molar-refractivity contribution in [3.63, 3.8) is 0 Å². The van der Waals surface area contributed by atoms with Crippen LogP contribution in [-0.2, 0) is 0 Å². The number of carbonyl (C=O) groups is 1. The van der Waals surface area contributed by atoms with Crippen LogP contribution in [0.25, 0.3) is 0 Å². The predicted molar refractivity (Wildman–Crippen MR) is 71.0 cm³/mol. The van der Waals surface area contributed by atoms with E-state index in [9.17, 15) is 4.79 Å². The standard InChI is InChI=1S/C14H15N3O/c1-10(11-4-2-6-13(15)8-11)17-14(18)12-5-3-7-16-9-12/h2-10H,15H2,1H3,(H,17,18). The molecular formula is C14H15N3O. The Bertz CT molecular complexity index is 540. The van der Waals surface area contributed by atoms with Crippen molar-refractivity contribution in [2.75, 3.05) is 5.73 Å². The van der Waals surface area contributed by atoms with E-state index in [1.54, 1.807) is 24.5 Å². The third-order valence-electron chi connectivity index (χ3n) is 2.68. The third-order valence-corrected chi connectivity index (χ3v) is 2.68. The van der Waals surface area contributed by atoms with Crippen molar-refractivity contribution in [1.29, 1.82) is 0 Å². The van der Waals surface area contributed by atoms with Gasteiger partial charge in [0.1, 0.15) is 0 Å². The highest BCUT2D eigenvalue weighted by atomic mass is 16.1. The van der Waals surface area contributed by atoms with E-state index in [0.717, 1.165) is 5.56 Å². The van der Waals surface area contributed by atoms with E-state index in [2.05, 4.69) is 10.3 Å². The molecule has 1 aromatic heterocycles. The fraction of sp³-hybridized carbons (Fsp3) is 0.143. The maximum absolute atomic E-state index is 11.9. The molecule has 0 fully saturated rings. The maximum Gasteiger partial charge on any atom is 0.253 e. The normalized spacial score (nSPS) is 11.8. The number of hydrogen-bond acceptors (Lipinski definition) is 3. The van der Waals surface area contributed by atoms with Crippen LogP contribution in [0.15, 0.2) is 48.8 Å². The molecule has 0 aliphatic rings. The Kier molecular flexibility index (Phi) is 3.57. The minimum atomic E-state index is -0.141. The Hall–Kier alpha value is -2.36. The summed E-state index contributed by atoms with van der Waals surface area (Å²) in [4.78, 5) is 15.9. The molecule has 1 unspecified atom stereocenters. The van der Waals surface area contributed by atoms with E-state index in [-0.39, 0.29) is 11.9 Å². The molecule has 0 radical (unpaired) electrons. The van der Waals surface area contributed by atoms with Gasteiger partial charge in [0.15, 0.2) is 0 Å². The summed E-state index contributed by atoms with van der Waals surface area (Å²) in [5.41, 5.74) is 7.93. The molecule has 0 aliphatic heterocycles. The molecule has 3 N–H and O–H groups in total. The van der Waals surface area contributed by atoms with Crippen LogP contribution in [0.4, 0.5) is 5.69 Å². The molecule has 0 bridgehead atoms. The van der Waals surface area contributed by atoms with Gasteiger partial charge in [0.05, 0.1) is 11.6 Å². The number of rotatable bonds is 3. The molecule has 0 saturated heterocycles. The van der Waals surface area contributed by atoms with Gasteiger partial charge in [-0.05, 0) is 36.8 Å². The summed E-state index contributed by atoms with van der Waals surface area (Å²) < 4.78 is 0. The molecule has 0 aliphatic carbocycles. The van der Waals surface area contributed by atoms with Gasteiger partial charge in [-0.25, -0.2) is 0 Å². The Labute approximate surface area is 106 Å². The topological polar surface area (TPSA) is 68.0 Å². The molecule has 1 aromatic carbocycles. The lowest BCUT2D eigenvalue weighted by molar-refractivity contribution is 0.0939. The summed E-state index contributed by atoms with van der Waals surface area (Å²) in [5, 5.41) is 2.91. The number of nitrogen functional groups attached to an aromatic ring is 1. The summed E-state index contributed by atoms with van der Waals surface area (Å²) in [6, 6.07) is 10.9. The SMILES string of the molecule is CC(NC(=O)c1cccnc1)c1cccc(N)c1. The minimum absolute atomic E-state index is 0.0961. The number of benzene rings is 1. The minimum Gasteiger partial charge on any atom is -0.399 e. The van der Waals surface area contributed by atoms with Crippen molar-refractivity contribution in [3.8, 4) is 0 Å². The van der Waals surface area contributed by atoms with Gasteiger partial charge in [0.2, 0.25) is 0 Å². The first-order valence-corrected chi connectivity index (χ1v) is 5.73. The fourth-order valence-electron chi connectivity index (χ4n) is 1.69. The highest BCUT2D eigenvalue weighted by Crippen LogP contribution is 2.15. The van der Waals surface area contributed by atoms with E-state index < -0.39 is 0 Å². The number of hydrogen-bond donors (Lipinski definition) is 2. The third kappa shape index (κ3) is 2.85. The van der Waals surface area contributed by atoms with Crippen LogP contribution in [0.1, 0.15) is 28.9 Å². The van der Waals surface area contributed by atoms with Gasteiger partial charge < -0.3 is 11.1 Å². The van der Waals surface area contributed by atoms with E-state index in [1.807, 2.05) is 31.2 Å². The van der Waals surface area contributed by atoms with Crippen molar-refractivity contribution in [1.82, 2.24) is 10.3 Å². The fourth-order valence-corrected chi connectivity index (χ4v) is 1.69. The molecule has 1 heterocycles. The number of anilines is 1. The van der Waals surface area contributed by atoms with Crippen molar-refractivity contribution in [3.05, 3.63) is 59.9 Å². The van der Waals surface area contributed by atoms with Gasteiger partial charge in [-0.1, -0.05) is 12.1 Å². The first-order chi connectivity index (χ1) is 8.66. The Balaban J connectivity index is 2.08. The van der Waals surface area contributed by atoms with Crippen LogP contribution < -0.4 is 11.1 Å². The largest absolute Gasteiger partial charge is 0.399 e. The Morgan fingerprint density at radius 2 is 2.17 bits per heavy atom. The van der Waals surface area contributed by atoms with Crippen molar-refractivity contribution >= 4 is 11.6 Å².